The first-order valence-corrected chi connectivity index (χ1v) is 33.1. The lowest BCUT2D eigenvalue weighted by Gasteiger charge is -2.46. The summed E-state index contributed by atoms with van der Waals surface area (Å²) in [6.45, 7) is 2.82. The highest BCUT2D eigenvalue weighted by Gasteiger charge is 2.51. The molecule has 0 aliphatic carbocycles. The van der Waals surface area contributed by atoms with E-state index in [-0.39, 0.29) is 18.9 Å². The van der Waals surface area contributed by atoms with Crippen LogP contribution in [-0.4, -0.2) is 140 Å². The third-order valence-electron chi connectivity index (χ3n) is 16.4. The smallest absolute Gasteiger partial charge is 0.220 e. The molecule has 12 unspecified atom stereocenters. The molecule has 2 rings (SSSR count). The number of carbonyl (C=O) groups is 1. The van der Waals surface area contributed by atoms with Crippen LogP contribution in [0.1, 0.15) is 290 Å². The van der Waals surface area contributed by atoms with Crippen molar-refractivity contribution >= 4 is 5.91 Å². The van der Waals surface area contributed by atoms with Crippen molar-refractivity contribution in [1.29, 1.82) is 0 Å². The molecule has 0 spiro atoms. The van der Waals surface area contributed by atoms with Crippen LogP contribution in [0.2, 0.25) is 0 Å². The molecule has 14 heteroatoms. The van der Waals surface area contributed by atoms with Crippen molar-refractivity contribution in [3.63, 3.8) is 0 Å². The van der Waals surface area contributed by atoms with Gasteiger partial charge in [-0.05, 0) is 32.1 Å². The van der Waals surface area contributed by atoms with Gasteiger partial charge in [0.25, 0.3) is 0 Å². The zero-order valence-corrected chi connectivity index (χ0v) is 50.4. The maximum Gasteiger partial charge on any atom is 0.220 e. The van der Waals surface area contributed by atoms with Crippen LogP contribution in [0.15, 0.2) is 24.3 Å². The predicted octanol–water partition coefficient (Wildman–Crippen LogP) is 12.4. The number of aliphatic hydroxyl groups is 8. The van der Waals surface area contributed by atoms with Gasteiger partial charge in [0, 0.05) is 6.42 Å². The van der Waals surface area contributed by atoms with Crippen molar-refractivity contribution in [3.05, 3.63) is 24.3 Å². The van der Waals surface area contributed by atoms with Gasteiger partial charge in [0.2, 0.25) is 5.91 Å². The van der Waals surface area contributed by atoms with Crippen molar-refractivity contribution in [2.75, 3.05) is 19.8 Å². The van der Waals surface area contributed by atoms with E-state index in [9.17, 15) is 45.6 Å². The molecule has 2 saturated heterocycles. The zero-order chi connectivity index (χ0) is 57.4. The van der Waals surface area contributed by atoms with Crippen molar-refractivity contribution < 1.29 is 64.6 Å². The molecule has 1 amide bonds. The lowest BCUT2D eigenvalue weighted by atomic mass is 9.97. The summed E-state index contributed by atoms with van der Waals surface area (Å²) in [5, 5.41) is 87.2. The quantitative estimate of drug-likeness (QED) is 0.0204. The fraction of sp³-hybridized carbons (Fsp3) is 0.923. The van der Waals surface area contributed by atoms with Gasteiger partial charge >= 0.3 is 0 Å². The molecule has 0 saturated carbocycles. The van der Waals surface area contributed by atoms with Crippen LogP contribution in [0.3, 0.4) is 0 Å². The van der Waals surface area contributed by atoms with E-state index in [1.54, 1.807) is 6.08 Å². The second-order valence-corrected chi connectivity index (χ2v) is 23.6. The average molecular weight is 1130 g/mol. The Kier molecular flexibility index (Phi) is 47.4. The minimum absolute atomic E-state index is 0.244. The highest BCUT2D eigenvalue weighted by atomic mass is 16.7. The van der Waals surface area contributed by atoms with Crippen LogP contribution in [-0.2, 0) is 23.7 Å². The van der Waals surface area contributed by atoms with E-state index in [1.807, 2.05) is 6.08 Å². The molecule has 2 fully saturated rings. The number of rotatable bonds is 54. The maximum atomic E-state index is 13.3. The molecule has 9 N–H and O–H groups in total. The molecular formula is C65H123NO13. The van der Waals surface area contributed by atoms with E-state index in [4.69, 9.17) is 18.9 Å². The number of ether oxygens (including phenoxy) is 4. The SMILES string of the molecule is CCCCCCCCCCCCCCCCCCCCCCCC/C=C/CC/C=C/C(O)C(COC1OC(CO)C(OC2OC(CO)C(O)C(O)C2O)C(O)C1O)NC(=O)CCCCCCCCCCCCCCCCCCC. The molecule has 2 aliphatic heterocycles. The lowest BCUT2D eigenvalue weighted by molar-refractivity contribution is -0.359. The summed E-state index contributed by atoms with van der Waals surface area (Å²) in [6, 6.07) is -0.928. The Labute approximate surface area is 481 Å². The number of unbranched alkanes of at least 4 members (excludes halogenated alkanes) is 39. The van der Waals surface area contributed by atoms with E-state index >= 15 is 0 Å². The summed E-state index contributed by atoms with van der Waals surface area (Å²) in [5.74, 6) is -0.244. The van der Waals surface area contributed by atoms with Gasteiger partial charge in [-0.15, -0.1) is 0 Å². The van der Waals surface area contributed by atoms with Gasteiger partial charge in [-0.2, -0.15) is 0 Å². The molecule has 0 aromatic rings. The van der Waals surface area contributed by atoms with Crippen molar-refractivity contribution in [2.24, 2.45) is 0 Å². The van der Waals surface area contributed by atoms with Gasteiger partial charge in [0.05, 0.1) is 32.0 Å². The van der Waals surface area contributed by atoms with E-state index in [2.05, 4.69) is 31.3 Å². The Balaban J connectivity index is 1.71. The Morgan fingerprint density at radius 3 is 1.24 bits per heavy atom. The summed E-state index contributed by atoms with van der Waals surface area (Å²) in [7, 11) is 0. The van der Waals surface area contributed by atoms with Gasteiger partial charge in [-0.25, -0.2) is 0 Å². The summed E-state index contributed by atoms with van der Waals surface area (Å²) >= 11 is 0. The summed E-state index contributed by atoms with van der Waals surface area (Å²) < 4.78 is 22.8. The second-order valence-electron chi connectivity index (χ2n) is 23.6. The van der Waals surface area contributed by atoms with Crippen LogP contribution >= 0.6 is 0 Å². The standard InChI is InChI=1S/C65H123NO13/c1-3-5-7-9-11-13-15-17-19-21-22-23-24-25-26-27-28-29-30-31-33-34-36-38-40-42-44-46-48-54(69)53(66-57(70)49-47-45-43-41-39-37-35-32-20-18-16-14-12-10-8-6-4-2)52-76-64-62(75)60(73)63(56(51-68)78-64)79-65-61(74)59(72)58(71)55(50-67)77-65/h38,40,46,48,53-56,58-65,67-69,71-75H,3-37,39,41-45,47,49-52H2,1-2H3,(H,66,70)/b40-38+,48-46+. The number of carbonyl (C=O) groups excluding carboxylic acids is 1. The molecule has 79 heavy (non-hydrogen) atoms. The third kappa shape index (κ3) is 36.0. The van der Waals surface area contributed by atoms with Crippen LogP contribution < -0.4 is 5.32 Å². The number of nitrogens with one attached hydrogen (secondary N) is 1. The van der Waals surface area contributed by atoms with Crippen LogP contribution in [0.25, 0.3) is 0 Å². The van der Waals surface area contributed by atoms with Crippen LogP contribution in [0, 0.1) is 0 Å². The van der Waals surface area contributed by atoms with Crippen LogP contribution in [0.4, 0.5) is 0 Å². The molecule has 0 bridgehead atoms. The molecule has 2 heterocycles. The van der Waals surface area contributed by atoms with Crippen molar-refractivity contribution in [2.45, 2.75) is 364 Å². The Hall–Kier alpha value is -1.53. The maximum absolute atomic E-state index is 13.3. The van der Waals surface area contributed by atoms with E-state index < -0.39 is 86.8 Å². The normalized spacial score (nSPS) is 24.5. The highest BCUT2D eigenvalue weighted by Crippen LogP contribution is 2.30. The van der Waals surface area contributed by atoms with Gasteiger partial charge in [-0.1, -0.05) is 276 Å². The first-order valence-electron chi connectivity index (χ1n) is 33.1. The Morgan fingerprint density at radius 1 is 0.443 bits per heavy atom. The zero-order valence-electron chi connectivity index (χ0n) is 50.4. The topological polar surface area (TPSA) is 228 Å². The minimum Gasteiger partial charge on any atom is -0.394 e. The lowest BCUT2D eigenvalue weighted by Crippen LogP contribution is -2.65. The van der Waals surface area contributed by atoms with Crippen molar-refractivity contribution in [1.82, 2.24) is 5.32 Å². The third-order valence-corrected chi connectivity index (χ3v) is 16.4. The fourth-order valence-electron chi connectivity index (χ4n) is 11.1. The number of hydrogen-bond acceptors (Lipinski definition) is 13. The first-order chi connectivity index (χ1) is 38.6. The van der Waals surface area contributed by atoms with Gasteiger partial charge in [0.1, 0.15) is 48.8 Å². The van der Waals surface area contributed by atoms with Crippen LogP contribution in [0.5, 0.6) is 0 Å². The molecule has 0 aromatic heterocycles. The van der Waals surface area contributed by atoms with E-state index in [0.717, 1.165) is 32.1 Å². The van der Waals surface area contributed by atoms with Crippen molar-refractivity contribution in [3.8, 4) is 0 Å². The largest absolute Gasteiger partial charge is 0.394 e. The molecule has 14 nitrogen and oxygen atoms in total. The number of amides is 1. The minimum atomic E-state index is -1.79. The summed E-state index contributed by atoms with van der Waals surface area (Å²) in [5.41, 5.74) is 0. The fourth-order valence-corrected chi connectivity index (χ4v) is 11.1. The van der Waals surface area contributed by atoms with E-state index in [0.29, 0.717) is 12.8 Å². The van der Waals surface area contributed by atoms with E-state index in [1.165, 1.54) is 225 Å². The number of aliphatic hydroxyl groups excluding tert-OH is 8. The van der Waals surface area contributed by atoms with Gasteiger partial charge in [0.15, 0.2) is 12.6 Å². The monoisotopic (exact) mass is 1130 g/mol. The average Bonchev–Trinajstić information content (AvgIpc) is 3.47. The second kappa shape index (κ2) is 50.9. The predicted molar refractivity (Wildman–Crippen MR) is 318 cm³/mol. The molecule has 0 aromatic carbocycles. The molecule has 2 aliphatic rings. The number of hydrogen-bond donors (Lipinski definition) is 9. The first kappa shape index (κ1) is 73.6. The van der Waals surface area contributed by atoms with Gasteiger partial charge < -0.3 is 65.1 Å². The summed E-state index contributed by atoms with van der Waals surface area (Å²) in [6.07, 6.45) is 45.2. The molecule has 0 radical (unpaired) electrons. The number of allylic oxidation sites excluding steroid dienone is 3. The Morgan fingerprint density at radius 2 is 0.810 bits per heavy atom. The molecule has 12 atom stereocenters. The summed E-state index contributed by atoms with van der Waals surface area (Å²) in [4.78, 5) is 13.3. The van der Waals surface area contributed by atoms with Gasteiger partial charge in [-0.3, -0.25) is 4.79 Å². The highest BCUT2D eigenvalue weighted by molar-refractivity contribution is 5.76. The Bertz CT molecular complexity index is 1420. The molecular weight excluding hydrogens is 1000 g/mol. The molecule has 466 valence electrons.